The Bertz CT molecular complexity index is 951. The lowest BCUT2D eigenvalue weighted by Crippen LogP contribution is -2.92. The molecule has 1 unspecified atom stereocenters. The number of rotatable bonds is 10. The Morgan fingerprint density at radius 2 is 2.00 bits per heavy atom. The van der Waals surface area contributed by atoms with E-state index in [1.807, 2.05) is 0 Å². The maximum atomic E-state index is 12.6. The van der Waals surface area contributed by atoms with Crippen LogP contribution >= 0.6 is 0 Å². The van der Waals surface area contributed by atoms with Gasteiger partial charge in [0.1, 0.15) is 5.54 Å². The Kier molecular flexibility index (Phi) is 5.36. The Balaban J connectivity index is 1.18. The van der Waals surface area contributed by atoms with E-state index in [1.165, 1.54) is 0 Å². The van der Waals surface area contributed by atoms with E-state index in [4.69, 9.17) is 20.8 Å². The number of carboxylic acid groups (broad SMARTS) is 1. The zero-order chi connectivity index (χ0) is 24.0. The molecule has 0 aromatic carbocycles. The summed E-state index contributed by atoms with van der Waals surface area (Å²) < 4.78 is 41.7. The monoisotopic (exact) mass is 484 g/mol. The lowest BCUT2D eigenvalue weighted by atomic mass is 9.20. The molecule has 5 aliphatic rings. The lowest BCUT2D eigenvalue weighted by Gasteiger charge is -2.87. The van der Waals surface area contributed by atoms with Crippen LogP contribution in [0.25, 0.3) is 0 Å². The molecule has 3 saturated carbocycles. The molecule has 0 amide bonds. The molecule has 10 nitrogen and oxygen atoms in total. The van der Waals surface area contributed by atoms with Gasteiger partial charge < -0.3 is 25.9 Å². The highest BCUT2D eigenvalue weighted by Gasteiger charge is 2.92. The van der Waals surface area contributed by atoms with Crippen LogP contribution in [0.3, 0.4) is 0 Å². The third-order valence-electron chi connectivity index (χ3n) is 9.75. The molecule has 0 aromatic heterocycles. The van der Waals surface area contributed by atoms with Gasteiger partial charge in [-0.15, -0.1) is 0 Å². The molecule has 7 atom stereocenters. The Hall–Kier alpha value is -0.755. The fraction of sp³-hybridized carbons (Fsp3) is 0.952. The van der Waals surface area contributed by atoms with E-state index in [0.717, 1.165) is 16.6 Å². The second-order valence-electron chi connectivity index (χ2n) is 11.6. The minimum absolute atomic E-state index is 0.0782. The van der Waals surface area contributed by atoms with Crippen LogP contribution in [0.1, 0.15) is 46.5 Å². The molecule has 1 spiro atoms. The largest absolute Gasteiger partial charge is 0.480 e. The van der Waals surface area contributed by atoms with Crippen LogP contribution in [0, 0.1) is 29.1 Å². The van der Waals surface area contributed by atoms with E-state index in [-0.39, 0.29) is 38.0 Å². The summed E-state index contributed by atoms with van der Waals surface area (Å²) in [5.74, 6) is 0.223. The van der Waals surface area contributed by atoms with Gasteiger partial charge in [-0.25, -0.2) is 4.72 Å². The van der Waals surface area contributed by atoms with Gasteiger partial charge in [0, 0.05) is 31.5 Å². The number of nitrogens with two attached hydrogens (primary N) is 2. The summed E-state index contributed by atoms with van der Waals surface area (Å²) in [5.41, 5.74) is 10.00. The zero-order valence-corrected chi connectivity index (χ0v) is 20.6. The first-order valence-electron chi connectivity index (χ1n) is 12.2. The predicted octanol–water partition coefficient (Wildman–Crippen LogP) is 0.00190. The molecule has 2 heterocycles. The van der Waals surface area contributed by atoms with Gasteiger partial charge in [-0.1, -0.05) is 20.3 Å². The van der Waals surface area contributed by atoms with Crippen molar-refractivity contribution in [3.05, 3.63) is 0 Å². The third-order valence-corrected chi connectivity index (χ3v) is 11.3. The van der Waals surface area contributed by atoms with E-state index in [1.54, 1.807) is 0 Å². The Labute approximate surface area is 196 Å². The van der Waals surface area contributed by atoms with Crippen molar-refractivity contribution in [3.8, 4) is 0 Å². The van der Waals surface area contributed by atoms with Gasteiger partial charge in [0.05, 0.1) is 11.2 Å². The zero-order valence-electron chi connectivity index (χ0n) is 19.7. The van der Waals surface area contributed by atoms with Gasteiger partial charge in [0.2, 0.25) is 0 Å². The molecule has 6 N–H and O–H groups in total. The smallest absolute Gasteiger partial charge is 0.457 e. The first-order chi connectivity index (χ1) is 15.3. The van der Waals surface area contributed by atoms with Crippen LogP contribution in [-0.4, -0.2) is 73.8 Å². The lowest BCUT2D eigenvalue weighted by molar-refractivity contribution is -0.428. The van der Waals surface area contributed by atoms with E-state index >= 15 is 0 Å². The third kappa shape index (κ3) is 3.01. The van der Waals surface area contributed by atoms with E-state index < -0.39 is 27.6 Å². The number of carboxylic acids is 1. The molecular weight excluding hydrogens is 447 g/mol. The summed E-state index contributed by atoms with van der Waals surface area (Å²) in [7, 11) is -4.11. The van der Waals surface area contributed by atoms with Crippen LogP contribution in [-0.2, 0) is 24.3 Å². The average Bonchev–Trinajstić information content (AvgIpc) is 3.20. The van der Waals surface area contributed by atoms with Gasteiger partial charge in [0.15, 0.2) is 0 Å². The molecule has 3 aliphatic carbocycles. The summed E-state index contributed by atoms with van der Waals surface area (Å²) in [6.07, 6.45) is 3.36. The van der Waals surface area contributed by atoms with Crippen molar-refractivity contribution in [1.29, 1.82) is 0 Å². The van der Waals surface area contributed by atoms with Crippen LogP contribution in [0.5, 0.6) is 0 Å². The Morgan fingerprint density at radius 3 is 2.64 bits per heavy atom. The number of aliphatic carboxylic acids is 1. The highest BCUT2D eigenvalue weighted by molar-refractivity contribution is 7.87. The molecule has 186 valence electrons. The van der Waals surface area contributed by atoms with Crippen molar-refractivity contribution in [2.45, 2.75) is 69.5 Å². The molecule has 33 heavy (non-hydrogen) atoms. The molecule has 2 saturated heterocycles. The number of carbonyl (C=O) groups is 1. The van der Waals surface area contributed by atoms with Crippen molar-refractivity contribution in [1.82, 2.24) is 9.03 Å². The predicted molar refractivity (Wildman–Crippen MR) is 122 cm³/mol. The van der Waals surface area contributed by atoms with Crippen molar-refractivity contribution < 1.29 is 27.6 Å². The normalized spacial score (nSPS) is 45.1. The molecule has 5 fully saturated rings. The fourth-order valence-electron chi connectivity index (χ4n) is 7.97. The summed E-state index contributed by atoms with van der Waals surface area (Å²) in [5, 5.41) is 9.78. The summed E-state index contributed by atoms with van der Waals surface area (Å²) >= 11 is 0. The van der Waals surface area contributed by atoms with Crippen molar-refractivity contribution in [2.24, 2.45) is 40.6 Å². The first kappa shape index (κ1) is 24.0. The average molecular weight is 484 g/mol. The van der Waals surface area contributed by atoms with Crippen LogP contribution < -0.4 is 16.2 Å². The van der Waals surface area contributed by atoms with E-state index in [0.29, 0.717) is 49.4 Å². The number of fused-ring (bicyclic) bond motifs is 1. The van der Waals surface area contributed by atoms with E-state index in [2.05, 4.69) is 25.5 Å². The van der Waals surface area contributed by atoms with Crippen LogP contribution in [0.2, 0.25) is 6.32 Å². The second-order valence-corrected chi connectivity index (χ2v) is 13.4. The summed E-state index contributed by atoms with van der Waals surface area (Å²) in [6, 6.07) is 0. The SMILES string of the molecule is CC1(C)[C@H]2C3[C@@H]1C[C@]31OB(CCC[C@H]3CN(S(=O)(=O)NCCCN)C[C@@]3(N)C(=O)O)O[C@]21C. The van der Waals surface area contributed by atoms with Gasteiger partial charge in [-0.2, -0.15) is 12.7 Å². The molecule has 0 aromatic rings. The molecule has 0 bridgehead atoms. The highest BCUT2D eigenvalue weighted by atomic mass is 32.2. The minimum Gasteiger partial charge on any atom is -0.480 e. The summed E-state index contributed by atoms with van der Waals surface area (Å²) in [6.45, 7) is 7.27. The highest BCUT2D eigenvalue weighted by Crippen LogP contribution is 2.86. The minimum atomic E-state index is -3.81. The Morgan fingerprint density at radius 1 is 1.27 bits per heavy atom. The van der Waals surface area contributed by atoms with Gasteiger partial charge in [-0.3, -0.25) is 4.79 Å². The van der Waals surface area contributed by atoms with Crippen molar-refractivity contribution >= 4 is 23.3 Å². The molecule has 0 radical (unpaired) electrons. The number of nitrogens with zero attached hydrogens (tertiary/aromatic N) is 1. The number of nitrogens with one attached hydrogen (secondary N) is 1. The summed E-state index contributed by atoms with van der Waals surface area (Å²) in [4.78, 5) is 12.0. The van der Waals surface area contributed by atoms with Crippen molar-refractivity contribution in [3.63, 3.8) is 0 Å². The second kappa shape index (κ2) is 7.38. The number of hydrogen-bond acceptors (Lipinski definition) is 7. The van der Waals surface area contributed by atoms with Crippen LogP contribution in [0.15, 0.2) is 0 Å². The maximum Gasteiger partial charge on any atom is 0.457 e. The van der Waals surface area contributed by atoms with Gasteiger partial charge >= 0.3 is 13.1 Å². The molecule has 5 rings (SSSR count). The standard InChI is InChI=1S/C21H37BN4O6S/c1-18(2)14-10-21-15(14)16(18)19(21,3)31-22(32-21)7-4-6-13-11-26(12-20(13,24)17(27)28)33(29,30)25-9-5-8-23/h13-16,25H,4-12,23-24H2,1-3H3,(H,27,28)/t13-,14-,15?,16+,19+,20-,21-/m0/s1. The topological polar surface area (TPSA) is 157 Å². The number of hydrogen-bond donors (Lipinski definition) is 4. The van der Waals surface area contributed by atoms with Gasteiger partial charge in [-0.05, 0) is 56.3 Å². The first-order valence-corrected chi connectivity index (χ1v) is 13.6. The van der Waals surface area contributed by atoms with Crippen molar-refractivity contribution in [2.75, 3.05) is 26.2 Å². The molecule has 2 aliphatic heterocycles. The van der Waals surface area contributed by atoms with Crippen LogP contribution in [0.4, 0.5) is 0 Å². The fourth-order valence-corrected chi connectivity index (χ4v) is 9.31. The quantitative estimate of drug-likeness (QED) is 0.249. The molecule has 12 heteroatoms. The molecular formula is C21H37BN4O6S. The van der Waals surface area contributed by atoms with E-state index in [9.17, 15) is 18.3 Å². The maximum absolute atomic E-state index is 12.6. The van der Waals surface area contributed by atoms with Gasteiger partial charge in [0.25, 0.3) is 10.2 Å².